The first kappa shape index (κ1) is 18.8. The quantitative estimate of drug-likeness (QED) is 0.582. The smallest absolute Gasteiger partial charge is 0.415 e. The summed E-state index contributed by atoms with van der Waals surface area (Å²) in [5, 5.41) is 2.13. The molecule has 140 valence electrons. The first-order chi connectivity index (χ1) is 12.0. The van der Waals surface area contributed by atoms with Crippen molar-refractivity contribution in [2.75, 3.05) is 32.9 Å². The van der Waals surface area contributed by atoms with E-state index in [4.69, 9.17) is 9.47 Å². The van der Waals surface area contributed by atoms with Crippen LogP contribution in [0.25, 0.3) is 0 Å². The highest BCUT2D eigenvalue weighted by Crippen LogP contribution is 2.24. The van der Waals surface area contributed by atoms with Gasteiger partial charge in [0.2, 0.25) is 0 Å². The summed E-state index contributed by atoms with van der Waals surface area (Å²) in [6.45, 7) is 4.40. The largest absolute Gasteiger partial charge is 0.464 e. The minimum absolute atomic E-state index is 0.0266. The van der Waals surface area contributed by atoms with Gasteiger partial charge >= 0.3 is 24.2 Å². The van der Waals surface area contributed by atoms with Gasteiger partial charge in [0.15, 0.2) is 6.04 Å². The predicted molar refractivity (Wildman–Crippen MR) is 83.8 cm³/mol. The van der Waals surface area contributed by atoms with Gasteiger partial charge in [-0.3, -0.25) is 4.90 Å². The Labute approximate surface area is 145 Å². The van der Waals surface area contributed by atoms with Gasteiger partial charge in [-0.15, -0.1) is 0 Å². The molecule has 0 aromatic carbocycles. The number of nitrogens with zero attached hydrogens (tertiary/aromatic N) is 2. The van der Waals surface area contributed by atoms with Gasteiger partial charge in [-0.1, -0.05) is 0 Å². The summed E-state index contributed by atoms with van der Waals surface area (Å²) >= 11 is 0. The molecule has 0 aliphatic carbocycles. The second kappa shape index (κ2) is 8.54. The number of nitrogens with one attached hydrogen (secondary N) is 1. The van der Waals surface area contributed by atoms with Crippen LogP contribution in [0.15, 0.2) is 0 Å². The van der Waals surface area contributed by atoms with Gasteiger partial charge in [0.25, 0.3) is 0 Å². The van der Waals surface area contributed by atoms with Gasteiger partial charge in [-0.2, -0.15) is 0 Å². The third-order valence-corrected chi connectivity index (χ3v) is 4.10. The van der Waals surface area contributed by atoms with Crippen LogP contribution in [0.1, 0.15) is 26.7 Å². The maximum Gasteiger partial charge on any atom is 0.415 e. The maximum absolute atomic E-state index is 12.0. The number of hydrogen-bond acceptors (Lipinski definition) is 7. The number of piperidine rings is 1. The van der Waals surface area contributed by atoms with Crippen molar-refractivity contribution in [2.45, 2.75) is 38.8 Å². The SMILES string of the molecule is CCOC(=O)NC(=O)N1CCC(N2C(=O)OC[C@H]2C(=O)OCC)CC1. The fourth-order valence-electron chi connectivity index (χ4n) is 2.94. The summed E-state index contributed by atoms with van der Waals surface area (Å²) < 4.78 is 14.6. The molecule has 0 aromatic rings. The number of amides is 4. The molecule has 2 fully saturated rings. The zero-order valence-corrected chi connectivity index (χ0v) is 14.4. The number of carbonyl (C=O) groups excluding carboxylic acids is 4. The van der Waals surface area contributed by atoms with Crippen molar-refractivity contribution >= 4 is 24.2 Å². The fraction of sp³-hybridized carbons (Fsp3) is 0.733. The second-order valence-corrected chi connectivity index (χ2v) is 5.62. The van der Waals surface area contributed by atoms with Crippen LogP contribution in [0, 0.1) is 0 Å². The molecule has 2 heterocycles. The molecule has 0 aromatic heterocycles. The predicted octanol–water partition coefficient (Wildman–Crippen LogP) is 0.701. The van der Waals surface area contributed by atoms with Crippen LogP contribution in [-0.2, 0) is 19.0 Å². The Hall–Kier alpha value is -2.52. The number of carbonyl (C=O) groups is 4. The van der Waals surface area contributed by atoms with Crippen LogP contribution in [0.4, 0.5) is 14.4 Å². The molecule has 0 saturated carbocycles. The van der Waals surface area contributed by atoms with E-state index in [1.54, 1.807) is 13.8 Å². The zero-order chi connectivity index (χ0) is 18.4. The van der Waals surface area contributed by atoms with E-state index in [1.807, 2.05) is 0 Å². The van der Waals surface area contributed by atoms with Crippen molar-refractivity contribution in [1.82, 2.24) is 15.1 Å². The first-order valence-electron chi connectivity index (χ1n) is 8.32. The van der Waals surface area contributed by atoms with Crippen molar-refractivity contribution in [3.05, 3.63) is 0 Å². The van der Waals surface area contributed by atoms with Gasteiger partial charge < -0.3 is 19.1 Å². The summed E-state index contributed by atoms with van der Waals surface area (Å²) in [6.07, 6.45) is -0.393. The summed E-state index contributed by atoms with van der Waals surface area (Å²) in [6, 6.07) is -1.52. The molecule has 0 bridgehead atoms. The van der Waals surface area contributed by atoms with Gasteiger partial charge in [0.05, 0.1) is 13.2 Å². The Kier molecular flexibility index (Phi) is 6.43. The monoisotopic (exact) mass is 357 g/mol. The molecule has 2 aliphatic heterocycles. The Morgan fingerprint density at radius 1 is 1.16 bits per heavy atom. The third kappa shape index (κ3) is 4.52. The molecule has 2 rings (SSSR count). The molecule has 1 N–H and O–H groups in total. The van der Waals surface area contributed by atoms with Crippen LogP contribution in [0.3, 0.4) is 0 Å². The Morgan fingerprint density at radius 3 is 2.40 bits per heavy atom. The highest BCUT2D eigenvalue weighted by atomic mass is 16.6. The third-order valence-electron chi connectivity index (χ3n) is 4.10. The molecule has 2 aliphatic rings. The van der Waals surface area contributed by atoms with Crippen LogP contribution >= 0.6 is 0 Å². The molecule has 10 heteroatoms. The zero-order valence-electron chi connectivity index (χ0n) is 14.4. The number of likely N-dealkylation sites (tertiary alicyclic amines) is 1. The number of urea groups is 1. The number of imide groups is 1. The molecule has 0 unspecified atom stereocenters. The van der Waals surface area contributed by atoms with Crippen molar-refractivity contribution in [3.63, 3.8) is 0 Å². The Morgan fingerprint density at radius 2 is 1.80 bits per heavy atom. The average Bonchev–Trinajstić information content (AvgIpc) is 2.97. The van der Waals surface area contributed by atoms with E-state index in [0.717, 1.165) is 0 Å². The van der Waals surface area contributed by atoms with Gasteiger partial charge in [-0.05, 0) is 26.7 Å². The van der Waals surface area contributed by atoms with E-state index in [-0.39, 0.29) is 25.9 Å². The number of esters is 1. The highest BCUT2D eigenvalue weighted by molar-refractivity contribution is 5.90. The highest BCUT2D eigenvalue weighted by Gasteiger charge is 2.44. The van der Waals surface area contributed by atoms with Crippen LogP contribution in [0.5, 0.6) is 0 Å². The lowest BCUT2D eigenvalue weighted by atomic mass is 10.0. The molecule has 0 spiro atoms. The lowest BCUT2D eigenvalue weighted by molar-refractivity contribution is -0.148. The van der Waals surface area contributed by atoms with Gasteiger partial charge in [0, 0.05) is 19.1 Å². The van der Waals surface area contributed by atoms with Crippen LogP contribution in [-0.4, -0.2) is 79.0 Å². The van der Waals surface area contributed by atoms with Crippen LogP contribution < -0.4 is 5.32 Å². The topological polar surface area (TPSA) is 114 Å². The van der Waals surface area contributed by atoms with E-state index in [9.17, 15) is 19.2 Å². The number of ether oxygens (including phenoxy) is 3. The lowest BCUT2D eigenvalue weighted by Crippen LogP contribution is -2.53. The Bertz CT molecular complexity index is 531. The van der Waals surface area contributed by atoms with Gasteiger partial charge in [-0.25, -0.2) is 24.5 Å². The second-order valence-electron chi connectivity index (χ2n) is 5.62. The lowest BCUT2D eigenvalue weighted by Gasteiger charge is -2.36. The number of alkyl carbamates (subject to hydrolysis) is 1. The molecular weight excluding hydrogens is 334 g/mol. The summed E-state index contributed by atoms with van der Waals surface area (Å²) in [5.74, 6) is -0.490. The first-order valence-corrected chi connectivity index (χ1v) is 8.32. The van der Waals surface area contributed by atoms with Crippen molar-refractivity contribution in [2.24, 2.45) is 0 Å². The molecule has 25 heavy (non-hydrogen) atoms. The minimum atomic E-state index is -0.792. The van der Waals surface area contributed by atoms with E-state index < -0.39 is 30.2 Å². The van der Waals surface area contributed by atoms with Crippen molar-refractivity contribution < 1.29 is 33.4 Å². The summed E-state index contributed by atoms with van der Waals surface area (Å²) in [7, 11) is 0. The van der Waals surface area contributed by atoms with Gasteiger partial charge in [0.1, 0.15) is 6.61 Å². The molecule has 4 amide bonds. The standard InChI is InChI=1S/C15H23N3O7/c1-3-23-12(19)11-9-25-15(22)18(11)10-5-7-17(8-6-10)13(20)16-14(21)24-4-2/h10-11H,3-9H2,1-2H3,(H,16,20,21)/t11-/m0/s1. The molecule has 1 atom stereocenters. The average molecular weight is 357 g/mol. The molecule has 0 radical (unpaired) electrons. The van der Waals surface area contributed by atoms with Crippen molar-refractivity contribution in [3.8, 4) is 0 Å². The molecule has 2 saturated heterocycles. The van der Waals surface area contributed by atoms with Crippen molar-refractivity contribution in [1.29, 1.82) is 0 Å². The maximum atomic E-state index is 12.0. The number of cyclic esters (lactones) is 1. The van der Waals surface area contributed by atoms with Crippen LogP contribution in [0.2, 0.25) is 0 Å². The number of hydrogen-bond donors (Lipinski definition) is 1. The van der Waals surface area contributed by atoms with E-state index >= 15 is 0 Å². The van der Waals surface area contributed by atoms with E-state index in [2.05, 4.69) is 10.1 Å². The summed E-state index contributed by atoms with van der Waals surface area (Å²) in [4.78, 5) is 50.1. The molecular formula is C15H23N3O7. The fourth-order valence-corrected chi connectivity index (χ4v) is 2.94. The van der Waals surface area contributed by atoms with E-state index in [0.29, 0.717) is 25.9 Å². The minimum Gasteiger partial charge on any atom is -0.464 e. The Balaban J connectivity index is 1.90. The summed E-state index contributed by atoms with van der Waals surface area (Å²) in [5.41, 5.74) is 0. The number of rotatable bonds is 4. The van der Waals surface area contributed by atoms with E-state index in [1.165, 1.54) is 9.80 Å². The molecule has 10 nitrogen and oxygen atoms in total. The normalized spacial score (nSPS) is 20.9.